The summed E-state index contributed by atoms with van der Waals surface area (Å²) >= 11 is 0. The van der Waals surface area contributed by atoms with Crippen LogP contribution in [0, 0.1) is 12.3 Å². The van der Waals surface area contributed by atoms with Crippen molar-refractivity contribution in [2.24, 2.45) is 5.41 Å². The van der Waals surface area contributed by atoms with Gasteiger partial charge in [-0.1, -0.05) is 32.0 Å². The number of carbonyl (C=O) groups excluding carboxylic acids is 1. The van der Waals surface area contributed by atoms with Gasteiger partial charge >= 0.3 is 0 Å². The highest BCUT2D eigenvalue weighted by Crippen LogP contribution is 2.37. The minimum absolute atomic E-state index is 0.0347. The number of hydrogen-bond acceptors (Lipinski definition) is 5. The zero-order valence-electron chi connectivity index (χ0n) is 18.4. The molecule has 1 aliphatic rings. The van der Waals surface area contributed by atoms with Crippen molar-refractivity contribution in [1.29, 1.82) is 0 Å². The van der Waals surface area contributed by atoms with E-state index in [1.807, 2.05) is 32.0 Å². The van der Waals surface area contributed by atoms with Crippen LogP contribution in [-0.2, 0) is 37.7 Å². The first-order valence-electron chi connectivity index (χ1n) is 10.2. The lowest BCUT2D eigenvalue weighted by molar-refractivity contribution is -0.123. The highest BCUT2D eigenvalue weighted by Gasteiger charge is 2.50. The molecular weight excluding hydrogens is 436 g/mol. The first kappa shape index (κ1) is 23.3. The highest BCUT2D eigenvalue weighted by atomic mass is 32.2. The molecule has 0 saturated carbocycles. The highest BCUT2D eigenvalue weighted by molar-refractivity contribution is 7.94. The Morgan fingerprint density at radius 3 is 2.10 bits per heavy atom. The summed E-state index contributed by atoms with van der Waals surface area (Å²) in [6.07, 6.45) is 1.35. The Morgan fingerprint density at radius 1 is 1.06 bits per heavy atom. The Kier molecular flexibility index (Phi) is 5.96. The molecule has 1 aliphatic heterocycles. The zero-order chi connectivity index (χ0) is 23.2. The molecule has 9 heteroatoms. The summed E-state index contributed by atoms with van der Waals surface area (Å²) < 4.78 is 54.9. The van der Waals surface area contributed by atoms with Crippen molar-refractivity contribution < 1.29 is 21.6 Å². The van der Waals surface area contributed by atoms with Crippen LogP contribution in [0.5, 0.6) is 0 Å². The van der Waals surface area contributed by atoms with Gasteiger partial charge in [-0.25, -0.2) is 21.1 Å². The molecule has 7 nitrogen and oxygen atoms in total. The standard InChI is InChI=1S/C22H28N2O5S2/c1-6-16-9-8-10-17(7-2)20(16)23-31(28,29)19-12-11-18(13-15(19)3)24-21(25)22(4,5)14-30(24,26)27/h8-13,23H,6-7,14H2,1-5H3. The summed E-state index contributed by atoms with van der Waals surface area (Å²) in [5.74, 6) is -0.808. The van der Waals surface area contributed by atoms with E-state index in [1.54, 1.807) is 20.8 Å². The maximum atomic E-state index is 13.2. The van der Waals surface area contributed by atoms with E-state index in [0.717, 1.165) is 15.4 Å². The summed E-state index contributed by atoms with van der Waals surface area (Å²) in [5, 5.41) is 0. The average Bonchev–Trinajstić information content (AvgIpc) is 2.83. The maximum Gasteiger partial charge on any atom is 0.262 e. The van der Waals surface area contributed by atoms with Gasteiger partial charge in [-0.3, -0.25) is 9.52 Å². The molecule has 0 spiro atoms. The second-order valence-corrected chi connectivity index (χ2v) is 11.9. The maximum absolute atomic E-state index is 13.2. The normalized spacial score (nSPS) is 17.7. The van der Waals surface area contributed by atoms with Gasteiger partial charge in [-0.05, 0) is 68.5 Å². The van der Waals surface area contributed by atoms with Gasteiger partial charge in [0, 0.05) is 0 Å². The van der Waals surface area contributed by atoms with Crippen LogP contribution in [0.25, 0.3) is 0 Å². The lowest BCUT2D eigenvalue weighted by Gasteiger charge is -2.20. The molecule has 1 saturated heterocycles. The topological polar surface area (TPSA) is 101 Å². The predicted octanol–water partition coefficient (Wildman–Crippen LogP) is 3.62. The molecule has 0 bridgehead atoms. The van der Waals surface area contributed by atoms with Crippen LogP contribution in [0.4, 0.5) is 11.4 Å². The van der Waals surface area contributed by atoms with E-state index >= 15 is 0 Å². The van der Waals surface area contributed by atoms with E-state index in [2.05, 4.69) is 4.72 Å². The minimum atomic E-state index is -3.92. The number of aryl methyl sites for hydroxylation is 3. The predicted molar refractivity (Wildman–Crippen MR) is 122 cm³/mol. The molecule has 0 aromatic heterocycles. The fourth-order valence-corrected chi connectivity index (χ4v) is 7.36. The lowest BCUT2D eigenvalue weighted by Crippen LogP contribution is -2.33. The van der Waals surface area contributed by atoms with E-state index in [4.69, 9.17) is 0 Å². The Hall–Kier alpha value is -2.39. The molecule has 1 amide bonds. The van der Waals surface area contributed by atoms with E-state index in [9.17, 15) is 21.6 Å². The quantitative estimate of drug-likeness (QED) is 0.704. The fraction of sp³-hybridized carbons (Fsp3) is 0.409. The summed E-state index contributed by atoms with van der Waals surface area (Å²) in [5.41, 5.74) is 1.84. The molecule has 0 atom stereocenters. The number of nitrogens with one attached hydrogen (secondary N) is 1. The molecule has 1 heterocycles. The van der Waals surface area contributed by atoms with Gasteiger partial charge in [0.15, 0.2) is 0 Å². The Balaban J connectivity index is 2.02. The zero-order valence-corrected chi connectivity index (χ0v) is 20.0. The number of sulfonamides is 2. The third-order valence-corrected chi connectivity index (χ3v) is 9.03. The number of amides is 1. The SMILES string of the molecule is CCc1cccc(CC)c1NS(=O)(=O)c1ccc(N2C(=O)C(C)(C)CS2(=O)=O)cc1C. The first-order valence-corrected chi connectivity index (χ1v) is 13.2. The van der Waals surface area contributed by atoms with Crippen molar-refractivity contribution in [1.82, 2.24) is 0 Å². The summed E-state index contributed by atoms with van der Waals surface area (Å²) in [7, 11) is -7.73. The Labute approximate surface area is 184 Å². The second kappa shape index (κ2) is 7.94. The fourth-order valence-electron chi connectivity index (χ4n) is 3.89. The molecule has 2 aromatic carbocycles. The number of carbonyl (C=O) groups is 1. The van der Waals surface area contributed by atoms with Crippen LogP contribution in [0.15, 0.2) is 41.3 Å². The summed E-state index contributed by atoms with van der Waals surface area (Å²) in [6.45, 7) is 8.67. The summed E-state index contributed by atoms with van der Waals surface area (Å²) in [6, 6.07) is 9.83. The average molecular weight is 465 g/mol. The second-order valence-electron chi connectivity index (χ2n) is 8.42. The number of benzene rings is 2. The van der Waals surface area contributed by atoms with Gasteiger partial charge in [-0.2, -0.15) is 0 Å². The van der Waals surface area contributed by atoms with Crippen LogP contribution >= 0.6 is 0 Å². The van der Waals surface area contributed by atoms with Gasteiger partial charge < -0.3 is 0 Å². The van der Waals surface area contributed by atoms with Gasteiger partial charge in [0.2, 0.25) is 15.9 Å². The molecule has 3 rings (SSSR count). The van der Waals surface area contributed by atoms with E-state index < -0.39 is 31.4 Å². The molecule has 1 N–H and O–H groups in total. The first-order chi connectivity index (χ1) is 14.3. The van der Waals surface area contributed by atoms with E-state index in [1.165, 1.54) is 18.2 Å². The number of nitrogens with zero attached hydrogens (tertiary/aromatic N) is 1. The van der Waals surface area contributed by atoms with Crippen molar-refractivity contribution in [3.63, 3.8) is 0 Å². The van der Waals surface area contributed by atoms with Gasteiger partial charge in [0.1, 0.15) is 0 Å². The third kappa shape index (κ3) is 4.21. The van der Waals surface area contributed by atoms with Crippen LogP contribution in [0.1, 0.15) is 44.4 Å². The van der Waals surface area contributed by atoms with E-state index in [-0.39, 0.29) is 16.3 Å². The van der Waals surface area contributed by atoms with Gasteiger partial charge in [-0.15, -0.1) is 0 Å². The number of rotatable bonds is 6. The van der Waals surface area contributed by atoms with Crippen molar-refractivity contribution in [2.45, 2.75) is 52.4 Å². The van der Waals surface area contributed by atoms with E-state index in [0.29, 0.717) is 24.1 Å². The largest absolute Gasteiger partial charge is 0.279 e. The lowest BCUT2D eigenvalue weighted by atomic mass is 9.95. The molecule has 0 unspecified atom stereocenters. The molecule has 1 fully saturated rings. The number of hydrogen-bond donors (Lipinski definition) is 1. The minimum Gasteiger partial charge on any atom is -0.279 e. The van der Waals surface area contributed by atoms with Gasteiger partial charge in [0.05, 0.1) is 27.4 Å². The number of para-hydroxylation sites is 1. The summed E-state index contributed by atoms with van der Waals surface area (Å²) in [4.78, 5) is 12.7. The third-order valence-electron chi connectivity index (χ3n) is 5.50. The van der Waals surface area contributed by atoms with Crippen LogP contribution in [-0.4, -0.2) is 28.5 Å². The molecule has 2 aromatic rings. The van der Waals surface area contributed by atoms with Crippen LogP contribution < -0.4 is 9.03 Å². The molecule has 31 heavy (non-hydrogen) atoms. The monoisotopic (exact) mass is 464 g/mol. The van der Waals surface area contributed by atoms with Crippen molar-refractivity contribution in [2.75, 3.05) is 14.8 Å². The van der Waals surface area contributed by atoms with Crippen molar-refractivity contribution in [3.05, 3.63) is 53.1 Å². The van der Waals surface area contributed by atoms with Crippen LogP contribution in [0.2, 0.25) is 0 Å². The number of anilines is 2. The van der Waals surface area contributed by atoms with Crippen LogP contribution in [0.3, 0.4) is 0 Å². The van der Waals surface area contributed by atoms with Crippen molar-refractivity contribution >= 4 is 37.3 Å². The smallest absolute Gasteiger partial charge is 0.262 e. The molecule has 0 aliphatic carbocycles. The van der Waals surface area contributed by atoms with Crippen molar-refractivity contribution in [3.8, 4) is 0 Å². The van der Waals surface area contributed by atoms with Gasteiger partial charge in [0.25, 0.3) is 10.0 Å². The molecule has 0 radical (unpaired) electrons. The molecule has 168 valence electrons. The molecular formula is C22H28N2O5S2. The Morgan fingerprint density at radius 2 is 1.65 bits per heavy atom. The Bertz CT molecular complexity index is 1230.